The molecule has 0 spiro atoms. The van der Waals surface area contributed by atoms with Gasteiger partial charge in [0.05, 0.1) is 13.1 Å². The van der Waals surface area contributed by atoms with Crippen LogP contribution in [-0.4, -0.2) is 40.5 Å². The lowest BCUT2D eigenvalue weighted by atomic mass is 10.2. The molecule has 0 atom stereocenters. The summed E-state index contributed by atoms with van der Waals surface area (Å²) in [4.78, 5) is 29.1. The Bertz CT molecular complexity index is 729. The van der Waals surface area contributed by atoms with Crippen molar-refractivity contribution in [3.05, 3.63) is 35.9 Å². The average Bonchev–Trinajstić information content (AvgIpc) is 3.14. The Kier molecular flexibility index (Phi) is 4.09. The maximum atomic E-state index is 11.9. The fourth-order valence-electron chi connectivity index (χ4n) is 2.18. The first kappa shape index (κ1) is 14.8. The van der Waals surface area contributed by atoms with Gasteiger partial charge < -0.3 is 15.4 Å². The summed E-state index contributed by atoms with van der Waals surface area (Å²) < 4.78 is 4.90. The fraction of sp³-hybridized carbons (Fsp3) is 0.286. The van der Waals surface area contributed by atoms with Crippen LogP contribution >= 0.6 is 0 Å². The third-order valence-electron chi connectivity index (χ3n) is 3.23. The highest BCUT2D eigenvalue weighted by Crippen LogP contribution is 2.22. The van der Waals surface area contributed by atoms with E-state index in [2.05, 4.69) is 25.8 Å². The number of aromatic nitrogens is 3. The number of amides is 3. The summed E-state index contributed by atoms with van der Waals surface area (Å²) in [6, 6.07) is 6.61. The van der Waals surface area contributed by atoms with Crippen LogP contribution < -0.4 is 15.5 Å². The first-order chi connectivity index (χ1) is 11.1. The Hall–Kier alpha value is -3.10. The lowest BCUT2D eigenvalue weighted by molar-refractivity contribution is 0.181. The number of benzene rings is 1. The molecular formula is C14H16N6O3. The van der Waals surface area contributed by atoms with Crippen LogP contribution in [0.15, 0.2) is 24.3 Å². The van der Waals surface area contributed by atoms with E-state index in [0.29, 0.717) is 36.2 Å². The SMILES string of the molecule is Cc1nc(CNC(=O)Nc2cccc(N3CCOC3=O)c2)n[nH]1. The summed E-state index contributed by atoms with van der Waals surface area (Å²) in [5.41, 5.74) is 1.25. The third kappa shape index (κ3) is 3.57. The number of carbonyl (C=O) groups excluding carboxylic acids is 2. The Morgan fingerprint density at radius 1 is 1.48 bits per heavy atom. The number of nitrogens with zero attached hydrogens (tertiary/aromatic N) is 3. The number of hydrogen-bond acceptors (Lipinski definition) is 5. The van der Waals surface area contributed by atoms with Crippen molar-refractivity contribution in [2.45, 2.75) is 13.5 Å². The zero-order chi connectivity index (χ0) is 16.2. The number of hydrogen-bond donors (Lipinski definition) is 3. The van der Waals surface area contributed by atoms with E-state index in [0.717, 1.165) is 0 Å². The van der Waals surface area contributed by atoms with Crippen molar-refractivity contribution in [3.63, 3.8) is 0 Å². The highest BCUT2D eigenvalue weighted by molar-refractivity contribution is 5.93. The van der Waals surface area contributed by atoms with Crippen LogP contribution in [0.1, 0.15) is 11.6 Å². The number of cyclic esters (lactones) is 1. The van der Waals surface area contributed by atoms with Gasteiger partial charge >= 0.3 is 12.1 Å². The molecule has 0 unspecified atom stereocenters. The zero-order valence-electron chi connectivity index (χ0n) is 12.5. The number of aryl methyl sites for hydroxylation is 1. The summed E-state index contributed by atoms with van der Waals surface area (Å²) in [6.07, 6.45) is -0.383. The molecule has 3 N–H and O–H groups in total. The van der Waals surface area contributed by atoms with Gasteiger partial charge in [-0.2, -0.15) is 5.10 Å². The molecule has 0 saturated carbocycles. The zero-order valence-corrected chi connectivity index (χ0v) is 12.5. The molecule has 1 aromatic carbocycles. The second-order valence-electron chi connectivity index (χ2n) is 4.96. The Morgan fingerprint density at radius 3 is 3.04 bits per heavy atom. The monoisotopic (exact) mass is 316 g/mol. The maximum absolute atomic E-state index is 11.9. The minimum absolute atomic E-state index is 0.217. The molecule has 3 rings (SSSR count). The number of anilines is 2. The quantitative estimate of drug-likeness (QED) is 0.789. The number of aromatic amines is 1. The Morgan fingerprint density at radius 2 is 2.35 bits per heavy atom. The first-order valence-electron chi connectivity index (χ1n) is 7.09. The van der Waals surface area contributed by atoms with Gasteiger partial charge in [-0.1, -0.05) is 6.07 Å². The van der Waals surface area contributed by atoms with Crippen LogP contribution in [0.4, 0.5) is 21.0 Å². The van der Waals surface area contributed by atoms with E-state index in [4.69, 9.17) is 4.74 Å². The normalized spacial score (nSPS) is 13.8. The molecule has 1 fully saturated rings. The molecule has 9 heteroatoms. The molecule has 9 nitrogen and oxygen atoms in total. The molecule has 1 aromatic heterocycles. The smallest absolute Gasteiger partial charge is 0.414 e. The summed E-state index contributed by atoms with van der Waals surface area (Å²) in [5, 5.41) is 12.0. The highest BCUT2D eigenvalue weighted by Gasteiger charge is 2.23. The molecule has 0 bridgehead atoms. The molecule has 0 radical (unpaired) electrons. The van der Waals surface area contributed by atoms with E-state index in [1.165, 1.54) is 4.90 Å². The second kappa shape index (κ2) is 6.34. The molecule has 0 aliphatic carbocycles. The third-order valence-corrected chi connectivity index (χ3v) is 3.23. The van der Waals surface area contributed by atoms with E-state index < -0.39 is 0 Å². The Balaban J connectivity index is 1.59. The van der Waals surface area contributed by atoms with Crippen molar-refractivity contribution < 1.29 is 14.3 Å². The highest BCUT2D eigenvalue weighted by atomic mass is 16.6. The van der Waals surface area contributed by atoms with E-state index in [1.807, 2.05) is 0 Å². The van der Waals surface area contributed by atoms with Gasteiger partial charge in [0.2, 0.25) is 0 Å². The summed E-state index contributed by atoms with van der Waals surface area (Å²) >= 11 is 0. The standard InChI is InChI=1S/C14H16N6O3/c1-9-16-12(19-18-9)8-15-13(21)17-10-3-2-4-11(7-10)20-5-6-23-14(20)22/h2-4,7H,5-6,8H2,1H3,(H2,15,17,21)(H,16,18,19). The summed E-state index contributed by atoms with van der Waals surface area (Å²) in [5.74, 6) is 1.19. The van der Waals surface area contributed by atoms with Crippen molar-refractivity contribution in [2.24, 2.45) is 0 Å². The van der Waals surface area contributed by atoms with Gasteiger partial charge in [0.15, 0.2) is 5.82 Å². The number of nitrogens with one attached hydrogen (secondary N) is 3. The van der Waals surface area contributed by atoms with E-state index in [1.54, 1.807) is 31.2 Å². The van der Waals surface area contributed by atoms with Crippen LogP contribution in [0, 0.1) is 6.92 Å². The van der Waals surface area contributed by atoms with E-state index >= 15 is 0 Å². The van der Waals surface area contributed by atoms with Gasteiger partial charge in [-0.3, -0.25) is 10.00 Å². The van der Waals surface area contributed by atoms with Crippen molar-refractivity contribution in [1.29, 1.82) is 0 Å². The van der Waals surface area contributed by atoms with Crippen LogP contribution in [0.25, 0.3) is 0 Å². The second-order valence-corrected chi connectivity index (χ2v) is 4.96. The van der Waals surface area contributed by atoms with Crippen LogP contribution in [-0.2, 0) is 11.3 Å². The number of rotatable bonds is 4. The minimum Gasteiger partial charge on any atom is -0.447 e. The van der Waals surface area contributed by atoms with Crippen molar-refractivity contribution >= 4 is 23.5 Å². The number of H-pyrrole nitrogens is 1. The topological polar surface area (TPSA) is 112 Å². The van der Waals surface area contributed by atoms with Crippen LogP contribution in [0.5, 0.6) is 0 Å². The fourth-order valence-corrected chi connectivity index (χ4v) is 2.18. The minimum atomic E-state index is -0.383. The van der Waals surface area contributed by atoms with Crippen molar-refractivity contribution in [1.82, 2.24) is 20.5 Å². The van der Waals surface area contributed by atoms with Gasteiger partial charge in [0.25, 0.3) is 0 Å². The molecule has 120 valence electrons. The number of urea groups is 1. The van der Waals surface area contributed by atoms with Gasteiger partial charge in [0, 0.05) is 11.4 Å². The molecule has 2 heterocycles. The predicted octanol–water partition coefficient (Wildman–Crippen LogP) is 1.39. The largest absolute Gasteiger partial charge is 0.447 e. The van der Waals surface area contributed by atoms with Gasteiger partial charge in [-0.25, -0.2) is 14.6 Å². The number of ether oxygens (including phenoxy) is 1. The predicted molar refractivity (Wildman–Crippen MR) is 82.1 cm³/mol. The van der Waals surface area contributed by atoms with E-state index in [-0.39, 0.29) is 18.7 Å². The lowest BCUT2D eigenvalue weighted by Crippen LogP contribution is -2.29. The molecule has 2 aromatic rings. The van der Waals surface area contributed by atoms with Crippen molar-refractivity contribution in [2.75, 3.05) is 23.4 Å². The molecule has 3 amide bonds. The van der Waals surface area contributed by atoms with Gasteiger partial charge in [-0.15, -0.1) is 0 Å². The molecule has 1 aliphatic heterocycles. The van der Waals surface area contributed by atoms with Crippen LogP contribution in [0.3, 0.4) is 0 Å². The lowest BCUT2D eigenvalue weighted by Gasteiger charge is -2.14. The van der Waals surface area contributed by atoms with E-state index in [9.17, 15) is 9.59 Å². The average molecular weight is 316 g/mol. The van der Waals surface area contributed by atoms with Crippen molar-refractivity contribution in [3.8, 4) is 0 Å². The number of carbonyl (C=O) groups is 2. The molecule has 1 aliphatic rings. The molecule has 23 heavy (non-hydrogen) atoms. The van der Waals surface area contributed by atoms with Gasteiger partial charge in [-0.05, 0) is 25.1 Å². The Labute approximate surface area is 132 Å². The van der Waals surface area contributed by atoms with Gasteiger partial charge in [0.1, 0.15) is 12.4 Å². The van der Waals surface area contributed by atoms with Crippen LogP contribution in [0.2, 0.25) is 0 Å². The maximum Gasteiger partial charge on any atom is 0.414 e. The molecular weight excluding hydrogens is 300 g/mol. The molecule has 1 saturated heterocycles. The first-order valence-corrected chi connectivity index (χ1v) is 7.09. The summed E-state index contributed by atoms with van der Waals surface area (Å²) in [7, 11) is 0. The summed E-state index contributed by atoms with van der Waals surface area (Å²) in [6.45, 7) is 2.87.